The molecule has 0 aromatic carbocycles. The molecule has 0 atom stereocenters. The third-order valence-corrected chi connectivity index (χ3v) is 3.88. The van der Waals surface area contributed by atoms with Gasteiger partial charge in [0.25, 0.3) is 5.88 Å². The smallest absolute Gasteiger partial charge is 0.317 e. The Morgan fingerprint density at radius 2 is 2.13 bits per heavy atom. The van der Waals surface area contributed by atoms with E-state index in [1.165, 1.54) is 18.4 Å². The topological polar surface area (TPSA) is 74.2 Å². The van der Waals surface area contributed by atoms with Gasteiger partial charge < -0.3 is 9.47 Å². The molecule has 0 amide bonds. The number of hydrogen-bond acceptors (Lipinski definition) is 7. The number of pyridine rings is 2. The minimum atomic E-state index is -0.417. The van der Waals surface area contributed by atoms with Gasteiger partial charge in [-0.15, -0.1) is 11.3 Å². The van der Waals surface area contributed by atoms with Gasteiger partial charge >= 0.3 is 5.97 Å². The Hall–Kier alpha value is -2.80. The average molecular weight is 327 g/mol. The van der Waals surface area contributed by atoms with E-state index in [1.54, 1.807) is 30.7 Å². The zero-order chi connectivity index (χ0) is 16.1. The summed E-state index contributed by atoms with van der Waals surface area (Å²) >= 11 is 1.46. The summed E-state index contributed by atoms with van der Waals surface area (Å²) in [4.78, 5) is 24.5. The van der Waals surface area contributed by atoms with Gasteiger partial charge in [-0.2, -0.15) is 0 Å². The standard InChI is InChI=1S/C16H13N3O3S/c1-21-15-13(5-3-7-18-15)22-14(20)8-12-10-23-16(19-12)11-4-2-6-17-9-11/h2-7,9-10H,8H2,1H3. The fourth-order valence-corrected chi connectivity index (χ4v) is 2.73. The first-order valence-electron chi connectivity index (χ1n) is 6.81. The number of aromatic nitrogens is 3. The number of thiazole rings is 1. The molecule has 0 aliphatic carbocycles. The lowest BCUT2D eigenvalue weighted by atomic mass is 10.3. The Labute approximate surface area is 136 Å². The molecular weight excluding hydrogens is 314 g/mol. The largest absolute Gasteiger partial charge is 0.478 e. The normalized spacial score (nSPS) is 10.3. The maximum Gasteiger partial charge on any atom is 0.317 e. The van der Waals surface area contributed by atoms with E-state index in [-0.39, 0.29) is 12.3 Å². The summed E-state index contributed by atoms with van der Waals surface area (Å²) < 4.78 is 10.3. The van der Waals surface area contributed by atoms with Gasteiger partial charge in [0, 0.05) is 29.5 Å². The van der Waals surface area contributed by atoms with Crippen LogP contribution in [0.15, 0.2) is 48.2 Å². The van der Waals surface area contributed by atoms with Crippen molar-refractivity contribution in [1.29, 1.82) is 0 Å². The number of carbonyl (C=O) groups is 1. The van der Waals surface area contributed by atoms with Crippen LogP contribution in [0, 0.1) is 0 Å². The van der Waals surface area contributed by atoms with Gasteiger partial charge in [-0.05, 0) is 24.3 Å². The highest BCUT2D eigenvalue weighted by molar-refractivity contribution is 7.13. The summed E-state index contributed by atoms with van der Waals surface area (Å²) in [6.45, 7) is 0. The van der Waals surface area contributed by atoms with Crippen LogP contribution in [-0.4, -0.2) is 28.0 Å². The molecule has 0 saturated heterocycles. The highest BCUT2D eigenvalue weighted by Crippen LogP contribution is 2.25. The molecule has 0 aliphatic heterocycles. The van der Waals surface area contributed by atoms with Crippen LogP contribution in [-0.2, 0) is 11.2 Å². The molecule has 0 unspecified atom stereocenters. The van der Waals surface area contributed by atoms with Crippen LogP contribution < -0.4 is 9.47 Å². The van der Waals surface area contributed by atoms with Gasteiger partial charge in [0.15, 0.2) is 5.75 Å². The van der Waals surface area contributed by atoms with Gasteiger partial charge in [-0.3, -0.25) is 9.78 Å². The van der Waals surface area contributed by atoms with Crippen LogP contribution in [0.1, 0.15) is 5.69 Å². The molecule has 0 bridgehead atoms. The summed E-state index contributed by atoms with van der Waals surface area (Å²) in [6.07, 6.45) is 5.09. The fraction of sp³-hybridized carbons (Fsp3) is 0.125. The van der Waals surface area contributed by atoms with E-state index < -0.39 is 5.97 Å². The molecule has 23 heavy (non-hydrogen) atoms. The SMILES string of the molecule is COc1ncccc1OC(=O)Cc1csc(-c2cccnc2)n1. The highest BCUT2D eigenvalue weighted by Gasteiger charge is 2.13. The van der Waals surface area contributed by atoms with Crippen molar-refractivity contribution in [1.82, 2.24) is 15.0 Å². The lowest BCUT2D eigenvalue weighted by molar-refractivity contribution is -0.133. The van der Waals surface area contributed by atoms with E-state index >= 15 is 0 Å². The lowest BCUT2D eigenvalue weighted by Crippen LogP contribution is -2.12. The first kappa shape index (κ1) is 15.1. The van der Waals surface area contributed by atoms with Gasteiger partial charge in [-0.1, -0.05) is 0 Å². The molecular formula is C16H13N3O3S. The quantitative estimate of drug-likeness (QED) is 0.671. The maximum absolute atomic E-state index is 12.0. The number of nitrogens with zero attached hydrogens (tertiary/aromatic N) is 3. The van der Waals surface area contributed by atoms with Gasteiger partial charge in [-0.25, -0.2) is 9.97 Å². The van der Waals surface area contributed by atoms with E-state index in [4.69, 9.17) is 9.47 Å². The Kier molecular flexibility index (Phi) is 4.58. The fourth-order valence-electron chi connectivity index (χ4n) is 1.92. The van der Waals surface area contributed by atoms with Crippen LogP contribution in [0.25, 0.3) is 10.6 Å². The number of ether oxygens (including phenoxy) is 2. The van der Waals surface area contributed by atoms with Crippen molar-refractivity contribution in [2.45, 2.75) is 6.42 Å². The minimum Gasteiger partial charge on any atom is -0.478 e. The molecule has 3 rings (SSSR count). The predicted octanol–water partition coefficient (Wildman–Crippen LogP) is 2.76. The summed E-state index contributed by atoms with van der Waals surface area (Å²) in [5.74, 6) is 0.150. The van der Waals surface area contributed by atoms with Crippen LogP contribution in [0.3, 0.4) is 0 Å². The van der Waals surface area contributed by atoms with E-state index in [9.17, 15) is 4.79 Å². The second kappa shape index (κ2) is 6.97. The van der Waals surface area contributed by atoms with E-state index in [2.05, 4.69) is 15.0 Å². The number of methoxy groups -OCH3 is 1. The molecule has 6 nitrogen and oxygen atoms in total. The summed E-state index contributed by atoms with van der Waals surface area (Å²) in [7, 11) is 1.47. The second-order valence-electron chi connectivity index (χ2n) is 4.55. The number of hydrogen-bond donors (Lipinski definition) is 0. The van der Waals surface area contributed by atoms with Crippen LogP contribution in [0.4, 0.5) is 0 Å². The third kappa shape index (κ3) is 3.70. The number of rotatable bonds is 5. The minimum absolute atomic E-state index is 0.0782. The second-order valence-corrected chi connectivity index (χ2v) is 5.41. The Morgan fingerprint density at radius 1 is 1.26 bits per heavy atom. The van der Waals surface area contributed by atoms with Crippen LogP contribution >= 0.6 is 11.3 Å². The highest BCUT2D eigenvalue weighted by atomic mass is 32.1. The molecule has 3 aromatic heterocycles. The molecule has 0 radical (unpaired) electrons. The molecule has 7 heteroatoms. The Morgan fingerprint density at radius 3 is 2.91 bits per heavy atom. The van der Waals surface area contributed by atoms with Gasteiger partial charge in [0.05, 0.1) is 19.2 Å². The van der Waals surface area contributed by atoms with Crippen molar-refractivity contribution >= 4 is 17.3 Å². The van der Waals surface area contributed by atoms with Crippen molar-refractivity contribution in [2.75, 3.05) is 7.11 Å². The molecule has 0 N–H and O–H groups in total. The van der Waals surface area contributed by atoms with Gasteiger partial charge in [0.2, 0.25) is 0 Å². The van der Waals surface area contributed by atoms with E-state index in [0.717, 1.165) is 10.6 Å². The molecule has 0 saturated carbocycles. The maximum atomic E-state index is 12.0. The monoisotopic (exact) mass is 327 g/mol. The molecule has 0 fully saturated rings. The molecule has 0 aliphatic rings. The number of esters is 1. The zero-order valence-corrected chi connectivity index (χ0v) is 13.1. The van der Waals surface area contributed by atoms with Crippen molar-refractivity contribution in [3.05, 3.63) is 53.9 Å². The first-order chi connectivity index (χ1) is 11.3. The van der Waals surface area contributed by atoms with Gasteiger partial charge in [0.1, 0.15) is 5.01 Å². The van der Waals surface area contributed by atoms with Crippen molar-refractivity contribution in [3.8, 4) is 22.2 Å². The zero-order valence-electron chi connectivity index (χ0n) is 12.3. The predicted molar refractivity (Wildman–Crippen MR) is 85.5 cm³/mol. The molecule has 3 heterocycles. The van der Waals surface area contributed by atoms with Crippen molar-refractivity contribution in [2.24, 2.45) is 0 Å². The van der Waals surface area contributed by atoms with Crippen molar-refractivity contribution < 1.29 is 14.3 Å². The Balaban J connectivity index is 1.68. The van der Waals surface area contributed by atoms with Crippen LogP contribution in [0.2, 0.25) is 0 Å². The van der Waals surface area contributed by atoms with Crippen molar-refractivity contribution in [3.63, 3.8) is 0 Å². The number of carbonyl (C=O) groups excluding carboxylic acids is 1. The molecule has 3 aromatic rings. The first-order valence-corrected chi connectivity index (χ1v) is 7.68. The summed E-state index contributed by atoms with van der Waals surface area (Å²) in [5, 5.41) is 2.66. The van der Waals surface area contributed by atoms with Crippen LogP contribution in [0.5, 0.6) is 11.6 Å². The lowest BCUT2D eigenvalue weighted by Gasteiger charge is -2.06. The van der Waals surface area contributed by atoms with E-state index in [1.807, 2.05) is 17.5 Å². The Bertz CT molecular complexity index is 805. The average Bonchev–Trinajstić information content (AvgIpc) is 3.04. The summed E-state index contributed by atoms with van der Waals surface area (Å²) in [5.41, 5.74) is 1.58. The third-order valence-electron chi connectivity index (χ3n) is 2.94. The molecule has 116 valence electrons. The molecule has 0 spiro atoms. The van der Waals surface area contributed by atoms with E-state index in [0.29, 0.717) is 11.4 Å². The summed E-state index contributed by atoms with van der Waals surface area (Å²) in [6, 6.07) is 7.08.